The molecule has 0 saturated heterocycles. The Morgan fingerprint density at radius 2 is 2.06 bits per heavy atom. The minimum atomic E-state index is 0.524. The molecule has 0 aliphatic heterocycles. The van der Waals surface area contributed by atoms with Gasteiger partial charge in [-0.15, -0.1) is 0 Å². The van der Waals surface area contributed by atoms with Crippen LogP contribution in [0.15, 0.2) is 10.5 Å². The molecule has 1 aromatic carbocycles. The van der Waals surface area contributed by atoms with Crippen LogP contribution in [0.25, 0.3) is 0 Å². The van der Waals surface area contributed by atoms with Crippen LogP contribution in [0.5, 0.6) is 11.5 Å². The third kappa shape index (κ3) is 2.29. The summed E-state index contributed by atoms with van der Waals surface area (Å²) < 4.78 is 11.9. The summed E-state index contributed by atoms with van der Waals surface area (Å²) in [5.41, 5.74) is 2.56. The molecule has 1 aliphatic carbocycles. The van der Waals surface area contributed by atoms with Crippen molar-refractivity contribution in [3.63, 3.8) is 0 Å². The van der Waals surface area contributed by atoms with Crippen LogP contribution >= 0.6 is 15.9 Å². The lowest BCUT2D eigenvalue weighted by atomic mass is 9.87. The number of hydrogen-bond donors (Lipinski definition) is 1. The summed E-state index contributed by atoms with van der Waals surface area (Å²) in [7, 11) is 5.45. The van der Waals surface area contributed by atoms with Gasteiger partial charge in [0.15, 0.2) is 0 Å². The van der Waals surface area contributed by atoms with Crippen molar-refractivity contribution in [1.29, 1.82) is 0 Å². The molecule has 1 unspecified atom stereocenters. The van der Waals surface area contributed by atoms with Gasteiger partial charge in [0.05, 0.1) is 18.7 Å². The first-order valence-electron chi connectivity index (χ1n) is 5.80. The van der Waals surface area contributed by atoms with Gasteiger partial charge in [-0.25, -0.2) is 0 Å². The Morgan fingerprint density at radius 3 is 2.65 bits per heavy atom. The molecule has 0 aromatic heterocycles. The van der Waals surface area contributed by atoms with Gasteiger partial charge >= 0.3 is 0 Å². The van der Waals surface area contributed by atoms with Crippen molar-refractivity contribution < 1.29 is 9.47 Å². The molecule has 1 aliphatic rings. The topological polar surface area (TPSA) is 30.5 Å². The highest BCUT2D eigenvalue weighted by Crippen LogP contribution is 2.41. The zero-order chi connectivity index (χ0) is 12.4. The summed E-state index contributed by atoms with van der Waals surface area (Å²) >= 11 is 3.54. The molecule has 1 atom stereocenters. The van der Waals surface area contributed by atoms with E-state index in [0.29, 0.717) is 6.04 Å². The van der Waals surface area contributed by atoms with Gasteiger partial charge < -0.3 is 14.8 Å². The van der Waals surface area contributed by atoms with Gasteiger partial charge in [-0.05, 0) is 48.3 Å². The van der Waals surface area contributed by atoms with E-state index in [4.69, 9.17) is 9.47 Å². The van der Waals surface area contributed by atoms with Crippen LogP contribution in [0, 0.1) is 0 Å². The van der Waals surface area contributed by atoms with Crippen LogP contribution in [-0.2, 0) is 12.8 Å². The predicted octanol–water partition coefficient (Wildman–Crippen LogP) is 2.54. The van der Waals surface area contributed by atoms with Crippen LogP contribution < -0.4 is 14.8 Å². The molecule has 0 spiro atoms. The molecular formula is C13H18BrNO2. The minimum absolute atomic E-state index is 0.524. The molecule has 2 rings (SSSR count). The molecule has 0 amide bonds. The number of fused-ring (bicyclic) bond motifs is 1. The van der Waals surface area contributed by atoms with Gasteiger partial charge in [0.1, 0.15) is 11.5 Å². The molecule has 1 N–H and O–H groups in total. The quantitative estimate of drug-likeness (QED) is 0.930. The van der Waals surface area contributed by atoms with E-state index >= 15 is 0 Å². The van der Waals surface area contributed by atoms with Gasteiger partial charge in [0.25, 0.3) is 0 Å². The molecule has 0 radical (unpaired) electrons. The number of hydrogen-bond acceptors (Lipinski definition) is 3. The van der Waals surface area contributed by atoms with Gasteiger partial charge in [-0.3, -0.25) is 0 Å². The molecule has 0 bridgehead atoms. The Bertz CT molecular complexity index is 420. The van der Waals surface area contributed by atoms with Crippen molar-refractivity contribution in [2.24, 2.45) is 0 Å². The molecule has 3 nitrogen and oxygen atoms in total. The van der Waals surface area contributed by atoms with Crippen molar-refractivity contribution in [3.05, 3.63) is 21.7 Å². The molecule has 94 valence electrons. The van der Waals surface area contributed by atoms with E-state index in [1.807, 2.05) is 13.1 Å². The molecule has 0 fully saturated rings. The maximum absolute atomic E-state index is 5.51. The fourth-order valence-electron chi connectivity index (χ4n) is 2.50. The summed E-state index contributed by atoms with van der Waals surface area (Å²) in [5.74, 6) is 1.91. The van der Waals surface area contributed by atoms with E-state index in [1.54, 1.807) is 14.2 Å². The highest BCUT2D eigenvalue weighted by Gasteiger charge is 2.25. The molecule has 0 saturated carbocycles. The van der Waals surface area contributed by atoms with Gasteiger partial charge in [-0.2, -0.15) is 0 Å². The van der Waals surface area contributed by atoms with Crippen molar-refractivity contribution in [2.45, 2.75) is 25.3 Å². The van der Waals surface area contributed by atoms with Crippen molar-refractivity contribution in [1.82, 2.24) is 5.32 Å². The first-order chi connectivity index (χ1) is 8.21. The normalized spacial score (nSPS) is 18.7. The predicted molar refractivity (Wildman–Crippen MR) is 72.1 cm³/mol. The Kier molecular flexibility index (Phi) is 3.94. The standard InChI is InChI=1S/C13H18BrNO2/c1-15-8-4-5-9-10(6-8)13(17-3)11(14)7-12(9)16-2/h7-8,15H,4-6H2,1-3H3. The van der Waals surface area contributed by atoms with Gasteiger partial charge in [-0.1, -0.05) is 0 Å². The molecule has 1 aromatic rings. The Balaban J connectivity index is 2.51. The fourth-order valence-corrected chi connectivity index (χ4v) is 3.11. The van der Waals surface area contributed by atoms with E-state index in [-0.39, 0.29) is 0 Å². The van der Waals surface area contributed by atoms with E-state index in [9.17, 15) is 0 Å². The van der Waals surface area contributed by atoms with E-state index in [0.717, 1.165) is 35.2 Å². The monoisotopic (exact) mass is 299 g/mol. The lowest BCUT2D eigenvalue weighted by molar-refractivity contribution is 0.378. The largest absolute Gasteiger partial charge is 0.496 e. The number of nitrogens with one attached hydrogen (secondary N) is 1. The SMILES string of the molecule is CNC1CCc2c(OC)cc(Br)c(OC)c2C1. The van der Waals surface area contributed by atoms with Gasteiger partial charge in [0.2, 0.25) is 0 Å². The number of rotatable bonds is 3. The molecular weight excluding hydrogens is 282 g/mol. The van der Waals surface area contributed by atoms with Crippen LogP contribution in [0.3, 0.4) is 0 Å². The summed E-state index contributed by atoms with van der Waals surface area (Å²) in [6.07, 6.45) is 3.17. The van der Waals surface area contributed by atoms with E-state index in [1.165, 1.54) is 11.1 Å². The second-order valence-corrected chi connectivity index (χ2v) is 5.13. The smallest absolute Gasteiger partial charge is 0.136 e. The maximum Gasteiger partial charge on any atom is 0.136 e. The van der Waals surface area contributed by atoms with Gasteiger partial charge in [0, 0.05) is 17.2 Å². The molecule has 4 heteroatoms. The van der Waals surface area contributed by atoms with Crippen molar-refractivity contribution in [2.75, 3.05) is 21.3 Å². The average Bonchev–Trinajstić information content (AvgIpc) is 2.37. The Hall–Kier alpha value is -0.740. The lowest BCUT2D eigenvalue weighted by Crippen LogP contribution is -2.32. The lowest BCUT2D eigenvalue weighted by Gasteiger charge is -2.27. The van der Waals surface area contributed by atoms with E-state index < -0.39 is 0 Å². The molecule has 0 heterocycles. The fraction of sp³-hybridized carbons (Fsp3) is 0.538. The summed E-state index contributed by atoms with van der Waals surface area (Å²) in [6, 6.07) is 2.52. The summed E-state index contributed by atoms with van der Waals surface area (Å²) in [6.45, 7) is 0. The molecule has 17 heavy (non-hydrogen) atoms. The maximum atomic E-state index is 5.51. The Labute approximate surface area is 111 Å². The number of methoxy groups -OCH3 is 2. The highest BCUT2D eigenvalue weighted by atomic mass is 79.9. The number of halogens is 1. The third-order valence-corrected chi connectivity index (χ3v) is 4.03. The minimum Gasteiger partial charge on any atom is -0.496 e. The zero-order valence-electron chi connectivity index (χ0n) is 10.5. The van der Waals surface area contributed by atoms with Crippen LogP contribution in [0.4, 0.5) is 0 Å². The second kappa shape index (κ2) is 5.27. The van der Waals surface area contributed by atoms with Crippen LogP contribution in [0.1, 0.15) is 17.5 Å². The summed E-state index contributed by atoms with van der Waals surface area (Å²) in [5, 5.41) is 3.34. The zero-order valence-corrected chi connectivity index (χ0v) is 12.1. The third-order valence-electron chi connectivity index (χ3n) is 3.44. The van der Waals surface area contributed by atoms with E-state index in [2.05, 4.69) is 21.2 Å². The first kappa shape index (κ1) is 12.7. The highest BCUT2D eigenvalue weighted by molar-refractivity contribution is 9.10. The van der Waals surface area contributed by atoms with Crippen LogP contribution in [-0.4, -0.2) is 27.3 Å². The van der Waals surface area contributed by atoms with Crippen molar-refractivity contribution >= 4 is 15.9 Å². The van der Waals surface area contributed by atoms with Crippen LogP contribution in [0.2, 0.25) is 0 Å². The first-order valence-corrected chi connectivity index (χ1v) is 6.60. The number of benzene rings is 1. The average molecular weight is 300 g/mol. The summed E-state index contributed by atoms with van der Waals surface area (Å²) in [4.78, 5) is 0. The Morgan fingerprint density at radius 1 is 1.29 bits per heavy atom. The number of ether oxygens (including phenoxy) is 2. The number of likely N-dealkylation sites (N-methyl/N-ethyl adjacent to an activating group) is 1. The van der Waals surface area contributed by atoms with Crippen molar-refractivity contribution in [3.8, 4) is 11.5 Å². The second-order valence-electron chi connectivity index (χ2n) is 4.28.